The number of sulfonamides is 1. The molecule has 0 spiro atoms. The highest BCUT2D eigenvalue weighted by atomic mass is 32.2. The first-order valence-electron chi connectivity index (χ1n) is 9.75. The molecule has 0 bridgehead atoms. The average molecular weight is 443 g/mol. The summed E-state index contributed by atoms with van der Waals surface area (Å²) in [6, 6.07) is 3.11. The molecule has 1 fully saturated rings. The van der Waals surface area contributed by atoms with Gasteiger partial charge in [0.2, 0.25) is 21.7 Å². The summed E-state index contributed by atoms with van der Waals surface area (Å²) >= 11 is 0. The van der Waals surface area contributed by atoms with Crippen molar-refractivity contribution in [2.45, 2.75) is 33.1 Å². The predicted molar refractivity (Wildman–Crippen MR) is 112 cm³/mol. The van der Waals surface area contributed by atoms with Crippen molar-refractivity contribution >= 4 is 21.8 Å². The standard InChI is InChI=1S/C20H30N2O7S/c1-6-10-30(25,26)21-19(24)20(2)8-7-9-22(13-20)18(23)14-11-15(27-3)17(29-5)16(12-14)28-4/h11-12H,6-10,13H2,1-5H3,(H,21,24). The lowest BCUT2D eigenvalue weighted by Gasteiger charge is -2.39. The highest BCUT2D eigenvalue weighted by molar-refractivity contribution is 7.90. The number of amides is 2. The van der Waals surface area contributed by atoms with Gasteiger partial charge in [-0.15, -0.1) is 0 Å². The maximum atomic E-state index is 13.2. The van der Waals surface area contributed by atoms with E-state index in [2.05, 4.69) is 4.72 Å². The first-order chi connectivity index (χ1) is 14.1. The molecule has 1 aromatic rings. The van der Waals surface area contributed by atoms with E-state index in [0.717, 1.165) is 0 Å². The smallest absolute Gasteiger partial charge is 0.254 e. The molecule has 0 saturated carbocycles. The molecule has 1 heterocycles. The summed E-state index contributed by atoms with van der Waals surface area (Å²) in [5, 5.41) is 0. The van der Waals surface area contributed by atoms with Crippen molar-refractivity contribution in [3.05, 3.63) is 17.7 Å². The van der Waals surface area contributed by atoms with Gasteiger partial charge in [0.05, 0.1) is 32.5 Å². The van der Waals surface area contributed by atoms with E-state index in [4.69, 9.17) is 14.2 Å². The molecular weight excluding hydrogens is 412 g/mol. The molecule has 1 N–H and O–H groups in total. The average Bonchev–Trinajstić information content (AvgIpc) is 2.71. The number of hydrogen-bond donors (Lipinski definition) is 1. The summed E-state index contributed by atoms with van der Waals surface area (Å²) in [5.41, 5.74) is -0.678. The summed E-state index contributed by atoms with van der Waals surface area (Å²) in [6.07, 6.45) is 1.47. The summed E-state index contributed by atoms with van der Waals surface area (Å²) in [6.45, 7) is 3.97. The lowest BCUT2D eigenvalue weighted by molar-refractivity contribution is -0.130. The lowest BCUT2D eigenvalue weighted by Crippen LogP contribution is -2.53. The Labute approximate surface area is 177 Å². The van der Waals surface area contributed by atoms with Crippen molar-refractivity contribution in [1.29, 1.82) is 0 Å². The number of rotatable bonds is 8. The van der Waals surface area contributed by atoms with Gasteiger partial charge in [-0.05, 0) is 38.3 Å². The summed E-state index contributed by atoms with van der Waals surface area (Å²) < 4.78 is 42.1. The first kappa shape index (κ1) is 23.8. The van der Waals surface area contributed by atoms with Gasteiger partial charge in [0, 0.05) is 18.7 Å². The zero-order chi connectivity index (χ0) is 22.5. The van der Waals surface area contributed by atoms with E-state index in [1.807, 2.05) is 0 Å². The van der Waals surface area contributed by atoms with Crippen molar-refractivity contribution in [2.75, 3.05) is 40.2 Å². The number of carbonyl (C=O) groups excluding carboxylic acids is 2. The van der Waals surface area contributed by atoms with Crippen molar-refractivity contribution in [1.82, 2.24) is 9.62 Å². The third-order valence-electron chi connectivity index (χ3n) is 5.16. The molecule has 9 nitrogen and oxygen atoms in total. The minimum Gasteiger partial charge on any atom is -0.493 e. The Morgan fingerprint density at radius 3 is 2.23 bits per heavy atom. The quantitative estimate of drug-likeness (QED) is 0.653. The van der Waals surface area contributed by atoms with Crippen LogP contribution in [0.5, 0.6) is 17.2 Å². The van der Waals surface area contributed by atoms with Crippen LogP contribution in [0.25, 0.3) is 0 Å². The Balaban J connectivity index is 2.26. The predicted octanol–water partition coefficient (Wildman–Crippen LogP) is 1.81. The fourth-order valence-corrected chi connectivity index (χ4v) is 4.74. The SMILES string of the molecule is CCCS(=O)(=O)NC(=O)C1(C)CCCN(C(=O)c2cc(OC)c(OC)c(OC)c2)C1. The van der Waals surface area contributed by atoms with Crippen molar-refractivity contribution in [2.24, 2.45) is 5.41 Å². The zero-order valence-corrected chi connectivity index (χ0v) is 18.9. The lowest BCUT2D eigenvalue weighted by atomic mass is 9.81. The largest absolute Gasteiger partial charge is 0.493 e. The van der Waals surface area contributed by atoms with E-state index >= 15 is 0 Å². The number of carbonyl (C=O) groups is 2. The van der Waals surface area contributed by atoms with Gasteiger partial charge in [-0.1, -0.05) is 6.92 Å². The van der Waals surface area contributed by atoms with Gasteiger partial charge in [-0.2, -0.15) is 0 Å². The van der Waals surface area contributed by atoms with Crippen LogP contribution >= 0.6 is 0 Å². The minimum atomic E-state index is -3.68. The topological polar surface area (TPSA) is 111 Å². The molecule has 1 aliphatic heterocycles. The van der Waals surface area contributed by atoms with Gasteiger partial charge < -0.3 is 19.1 Å². The van der Waals surface area contributed by atoms with Gasteiger partial charge >= 0.3 is 0 Å². The first-order valence-corrected chi connectivity index (χ1v) is 11.4. The number of ether oxygens (including phenoxy) is 3. The number of piperidine rings is 1. The van der Waals surface area contributed by atoms with Crippen molar-refractivity contribution < 1.29 is 32.2 Å². The molecule has 1 aliphatic rings. The van der Waals surface area contributed by atoms with E-state index < -0.39 is 21.3 Å². The minimum absolute atomic E-state index is 0.107. The number of methoxy groups -OCH3 is 3. The molecule has 10 heteroatoms. The van der Waals surface area contributed by atoms with Crippen molar-refractivity contribution in [3.8, 4) is 17.2 Å². The van der Waals surface area contributed by atoms with E-state index in [0.29, 0.717) is 48.6 Å². The molecule has 0 aromatic heterocycles. The highest BCUT2D eigenvalue weighted by Crippen LogP contribution is 2.39. The van der Waals surface area contributed by atoms with Crippen LogP contribution in [0.4, 0.5) is 0 Å². The van der Waals surface area contributed by atoms with E-state index in [1.165, 1.54) is 21.3 Å². The Bertz CT molecular complexity index is 875. The molecule has 168 valence electrons. The Kier molecular flexibility index (Phi) is 7.57. The van der Waals surface area contributed by atoms with Gasteiger partial charge in [0.1, 0.15) is 0 Å². The van der Waals surface area contributed by atoms with Gasteiger partial charge in [0.25, 0.3) is 5.91 Å². The molecule has 0 radical (unpaired) electrons. The molecule has 1 unspecified atom stereocenters. The van der Waals surface area contributed by atoms with Crippen LogP contribution in [0, 0.1) is 5.41 Å². The van der Waals surface area contributed by atoms with E-state index in [1.54, 1.807) is 30.9 Å². The van der Waals surface area contributed by atoms with Crippen molar-refractivity contribution in [3.63, 3.8) is 0 Å². The second-order valence-corrected chi connectivity index (χ2v) is 9.40. The second kappa shape index (κ2) is 9.55. The maximum absolute atomic E-state index is 13.2. The Morgan fingerprint density at radius 1 is 1.13 bits per heavy atom. The second-order valence-electron chi connectivity index (χ2n) is 7.55. The molecule has 30 heavy (non-hydrogen) atoms. The summed E-state index contributed by atoms with van der Waals surface area (Å²) in [7, 11) is 0.717. The molecule has 2 amide bonds. The third-order valence-corrected chi connectivity index (χ3v) is 6.61. The molecular formula is C20H30N2O7S. The molecule has 2 rings (SSSR count). The summed E-state index contributed by atoms with van der Waals surface area (Å²) in [5.74, 6) is 0.0677. The number of benzene rings is 1. The number of hydrogen-bond acceptors (Lipinski definition) is 7. The third kappa shape index (κ3) is 5.16. The number of likely N-dealkylation sites (tertiary alicyclic amines) is 1. The van der Waals surface area contributed by atoms with Gasteiger partial charge in [-0.25, -0.2) is 8.42 Å². The molecule has 1 atom stereocenters. The van der Waals surface area contributed by atoms with E-state index in [9.17, 15) is 18.0 Å². The fourth-order valence-electron chi connectivity index (χ4n) is 3.57. The normalized spacial score (nSPS) is 19.2. The number of nitrogens with one attached hydrogen (secondary N) is 1. The molecule has 1 aromatic carbocycles. The van der Waals surface area contributed by atoms with Crippen LogP contribution in [0.15, 0.2) is 12.1 Å². The maximum Gasteiger partial charge on any atom is 0.254 e. The molecule has 0 aliphatic carbocycles. The van der Waals surface area contributed by atoms with Crippen LogP contribution < -0.4 is 18.9 Å². The summed E-state index contributed by atoms with van der Waals surface area (Å²) in [4.78, 5) is 27.4. The van der Waals surface area contributed by atoms with Crippen LogP contribution in [-0.2, 0) is 14.8 Å². The van der Waals surface area contributed by atoms with E-state index in [-0.39, 0.29) is 18.2 Å². The fraction of sp³-hybridized carbons (Fsp3) is 0.600. The van der Waals surface area contributed by atoms with Gasteiger partial charge in [0.15, 0.2) is 11.5 Å². The van der Waals surface area contributed by atoms with Gasteiger partial charge in [-0.3, -0.25) is 14.3 Å². The Hall–Kier alpha value is -2.49. The molecule has 1 saturated heterocycles. The van der Waals surface area contributed by atoms with Crippen LogP contribution in [-0.4, -0.2) is 65.3 Å². The van der Waals surface area contributed by atoms with Crippen LogP contribution in [0.2, 0.25) is 0 Å². The Morgan fingerprint density at radius 2 is 1.73 bits per heavy atom. The zero-order valence-electron chi connectivity index (χ0n) is 18.1. The monoisotopic (exact) mass is 442 g/mol. The van der Waals surface area contributed by atoms with Crippen LogP contribution in [0.3, 0.4) is 0 Å². The highest BCUT2D eigenvalue weighted by Gasteiger charge is 2.41. The number of nitrogens with zero attached hydrogens (tertiary/aromatic N) is 1. The van der Waals surface area contributed by atoms with Crippen LogP contribution in [0.1, 0.15) is 43.5 Å².